The Morgan fingerprint density at radius 3 is 2.81 bits per heavy atom. The Hall–Kier alpha value is -3.01. The first-order valence-corrected chi connectivity index (χ1v) is 9.38. The van der Waals surface area contributed by atoms with E-state index in [1.807, 2.05) is 0 Å². The van der Waals surface area contributed by atoms with Gasteiger partial charge in [0.05, 0.1) is 16.8 Å². The normalized spacial score (nSPS) is 11.5. The van der Waals surface area contributed by atoms with E-state index in [0.717, 1.165) is 24.5 Å². The van der Waals surface area contributed by atoms with Gasteiger partial charge in [-0.3, -0.25) is 4.79 Å². The Morgan fingerprint density at radius 1 is 1.31 bits per heavy atom. The van der Waals surface area contributed by atoms with E-state index in [1.165, 1.54) is 6.26 Å². The van der Waals surface area contributed by atoms with Gasteiger partial charge in [-0.1, -0.05) is 5.16 Å². The van der Waals surface area contributed by atoms with Gasteiger partial charge < -0.3 is 14.3 Å². The molecule has 3 aromatic rings. The molecular weight excluding hydrogens is 365 g/mol. The second-order valence-electron chi connectivity index (χ2n) is 5.45. The van der Waals surface area contributed by atoms with Crippen LogP contribution in [0.25, 0.3) is 11.6 Å². The zero-order valence-corrected chi connectivity index (χ0v) is 14.4. The van der Waals surface area contributed by atoms with Crippen LogP contribution >= 0.6 is 0 Å². The lowest BCUT2D eigenvalue weighted by atomic mass is 10.2. The molecule has 3 rings (SSSR count). The molecule has 136 valence electrons. The molecule has 0 fully saturated rings. The summed E-state index contributed by atoms with van der Waals surface area (Å²) in [6.07, 6.45) is 2.55. The van der Waals surface area contributed by atoms with Gasteiger partial charge in [0.15, 0.2) is 15.6 Å². The summed E-state index contributed by atoms with van der Waals surface area (Å²) in [5.41, 5.74) is -0.209. The Kier molecular flexibility index (Phi) is 4.85. The lowest BCUT2D eigenvalue weighted by molar-refractivity contribution is -0.116. The molecule has 10 heteroatoms. The van der Waals surface area contributed by atoms with Crippen LogP contribution in [0.5, 0.6) is 0 Å². The van der Waals surface area contributed by atoms with Crippen molar-refractivity contribution in [3.63, 3.8) is 0 Å². The van der Waals surface area contributed by atoms with Crippen molar-refractivity contribution < 1.29 is 26.5 Å². The topological polar surface area (TPSA) is 115 Å². The molecule has 2 heterocycles. The summed E-state index contributed by atoms with van der Waals surface area (Å²) in [7, 11) is -3.51. The molecule has 8 nitrogen and oxygen atoms in total. The Balaban J connectivity index is 1.63. The van der Waals surface area contributed by atoms with Crippen molar-refractivity contribution in [1.29, 1.82) is 0 Å². The van der Waals surface area contributed by atoms with Crippen LogP contribution in [0.15, 0.2) is 50.4 Å². The number of furan rings is 1. The highest BCUT2D eigenvalue weighted by Crippen LogP contribution is 2.20. The number of carbonyl (C=O) groups excluding carboxylic acids is 1. The van der Waals surface area contributed by atoms with Crippen LogP contribution in [-0.2, 0) is 21.1 Å². The van der Waals surface area contributed by atoms with Crippen LogP contribution < -0.4 is 5.32 Å². The number of aryl methyl sites for hydroxylation is 1. The maximum atomic E-state index is 13.8. The van der Waals surface area contributed by atoms with Crippen LogP contribution in [0.1, 0.15) is 12.3 Å². The van der Waals surface area contributed by atoms with Crippen LogP contribution in [0.3, 0.4) is 0 Å². The fraction of sp³-hybridized carbons (Fsp3) is 0.188. The van der Waals surface area contributed by atoms with Crippen LogP contribution in [0.2, 0.25) is 0 Å². The largest absolute Gasteiger partial charge is 0.461 e. The number of hydrogen-bond acceptors (Lipinski definition) is 7. The van der Waals surface area contributed by atoms with E-state index in [4.69, 9.17) is 8.94 Å². The minimum atomic E-state index is -3.51. The van der Waals surface area contributed by atoms with Gasteiger partial charge in [-0.25, -0.2) is 12.8 Å². The molecule has 0 aliphatic heterocycles. The van der Waals surface area contributed by atoms with E-state index < -0.39 is 21.6 Å². The summed E-state index contributed by atoms with van der Waals surface area (Å²) >= 11 is 0. The Labute approximate surface area is 147 Å². The zero-order valence-electron chi connectivity index (χ0n) is 13.6. The average Bonchev–Trinajstić information content (AvgIpc) is 3.25. The number of hydrogen-bond donors (Lipinski definition) is 1. The van der Waals surface area contributed by atoms with Crippen molar-refractivity contribution in [2.24, 2.45) is 0 Å². The highest BCUT2D eigenvalue weighted by molar-refractivity contribution is 7.90. The number of amides is 1. The third kappa shape index (κ3) is 4.14. The molecule has 0 atom stereocenters. The molecule has 0 saturated carbocycles. The predicted octanol–water partition coefficient (Wildman–Crippen LogP) is 2.44. The molecule has 0 aliphatic rings. The summed E-state index contributed by atoms with van der Waals surface area (Å²) in [6, 6.07) is 6.54. The van der Waals surface area contributed by atoms with E-state index in [9.17, 15) is 17.6 Å². The molecule has 26 heavy (non-hydrogen) atoms. The Morgan fingerprint density at radius 2 is 2.12 bits per heavy atom. The van der Waals surface area contributed by atoms with Crippen LogP contribution in [0.4, 0.5) is 10.1 Å². The van der Waals surface area contributed by atoms with Crippen LogP contribution in [0, 0.1) is 5.82 Å². The number of carbonyl (C=O) groups is 1. The highest BCUT2D eigenvalue weighted by atomic mass is 32.2. The molecule has 0 radical (unpaired) electrons. The fourth-order valence-electron chi connectivity index (χ4n) is 2.13. The smallest absolute Gasteiger partial charge is 0.238 e. The van der Waals surface area contributed by atoms with Gasteiger partial charge in [0, 0.05) is 19.1 Å². The van der Waals surface area contributed by atoms with Crippen molar-refractivity contribution in [2.45, 2.75) is 17.7 Å². The van der Waals surface area contributed by atoms with Gasteiger partial charge in [0.2, 0.25) is 17.6 Å². The first kappa shape index (κ1) is 17.8. The van der Waals surface area contributed by atoms with E-state index in [-0.39, 0.29) is 35.1 Å². The number of rotatable bonds is 6. The number of benzene rings is 1. The van der Waals surface area contributed by atoms with Crippen molar-refractivity contribution in [3.05, 3.63) is 48.3 Å². The van der Waals surface area contributed by atoms with Gasteiger partial charge in [0.25, 0.3) is 0 Å². The van der Waals surface area contributed by atoms with E-state index in [1.54, 1.807) is 12.1 Å². The summed E-state index contributed by atoms with van der Waals surface area (Å²) in [5.74, 6) is -0.339. The quantitative estimate of drug-likeness (QED) is 0.654. The number of nitrogens with zero attached hydrogens (tertiary/aromatic N) is 2. The predicted molar refractivity (Wildman–Crippen MR) is 88.5 cm³/mol. The monoisotopic (exact) mass is 379 g/mol. The molecule has 0 saturated heterocycles. The summed E-state index contributed by atoms with van der Waals surface area (Å²) in [4.78, 5) is 16.0. The third-order valence-electron chi connectivity index (χ3n) is 3.42. The minimum absolute atomic E-state index is 0.0532. The zero-order chi connectivity index (χ0) is 18.7. The summed E-state index contributed by atoms with van der Waals surface area (Å²) < 4.78 is 47.0. The van der Waals surface area contributed by atoms with E-state index in [2.05, 4.69) is 15.5 Å². The van der Waals surface area contributed by atoms with E-state index >= 15 is 0 Å². The van der Waals surface area contributed by atoms with Gasteiger partial charge in [0.1, 0.15) is 5.82 Å². The number of sulfone groups is 1. The summed E-state index contributed by atoms with van der Waals surface area (Å²) in [5, 5.41) is 6.08. The number of aromatic nitrogens is 2. The Bertz CT molecular complexity index is 1030. The number of anilines is 1. The first-order chi connectivity index (χ1) is 12.3. The molecule has 2 aromatic heterocycles. The minimum Gasteiger partial charge on any atom is -0.461 e. The molecular formula is C16H14FN3O5S. The van der Waals surface area contributed by atoms with Gasteiger partial charge in [-0.15, -0.1) is 0 Å². The van der Waals surface area contributed by atoms with Crippen molar-refractivity contribution in [1.82, 2.24) is 10.1 Å². The molecule has 0 aliphatic carbocycles. The molecule has 1 amide bonds. The second-order valence-corrected chi connectivity index (χ2v) is 7.47. The maximum Gasteiger partial charge on any atom is 0.238 e. The van der Waals surface area contributed by atoms with Gasteiger partial charge >= 0.3 is 0 Å². The van der Waals surface area contributed by atoms with Gasteiger partial charge in [-0.2, -0.15) is 4.98 Å². The number of halogens is 1. The second kappa shape index (κ2) is 7.08. The molecule has 0 spiro atoms. The van der Waals surface area contributed by atoms with Crippen molar-refractivity contribution in [2.75, 3.05) is 11.6 Å². The van der Waals surface area contributed by atoms with Crippen LogP contribution in [-0.4, -0.2) is 30.7 Å². The summed E-state index contributed by atoms with van der Waals surface area (Å²) in [6.45, 7) is 0. The standard InChI is InChI=1S/C16H14FN3O5S/c1-26(22,23)10-4-5-11(17)12(9-10)18-14(21)6-7-15-19-16(20-25-15)13-3-2-8-24-13/h2-5,8-9H,6-7H2,1H3,(H,18,21). The third-order valence-corrected chi connectivity index (χ3v) is 4.53. The SMILES string of the molecule is CS(=O)(=O)c1ccc(F)c(NC(=O)CCc2nc(-c3ccco3)no2)c1. The van der Waals surface area contributed by atoms with Crippen molar-refractivity contribution in [3.8, 4) is 11.6 Å². The fourth-order valence-corrected chi connectivity index (χ4v) is 2.77. The lowest BCUT2D eigenvalue weighted by Crippen LogP contribution is -2.14. The van der Waals surface area contributed by atoms with E-state index in [0.29, 0.717) is 5.76 Å². The molecule has 0 unspecified atom stereocenters. The molecule has 1 N–H and O–H groups in total. The molecule has 0 bridgehead atoms. The molecule has 1 aromatic carbocycles. The average molecular weight is 379 g/mol. The lowest BCUT2D eigenvalue weighted by Gasteiger charge is -2.07. The van der Waals surface area contributed by atoms with Gasteiger partial charge in [-0.05, 0) is 30.3 Å². The maximum absolute atomic E-state index is 13.8. The van der Waals surface area contributed by atoms with Crippen molar-refractivity contribution >= 4 is 21.4 Å². The first-order valence-electron chi connectivity index (χ1n) is 7.49. The number of nitrogens with one attached hydrogen (secondary N) is 1. The highest BCUT2D eigenvalue weighted by Gasteiger charge is 2.15.